The molecule has 1 aliphatic rings. The van der Waals surface area contributed by atoms with Crippen molar-refractivity contribution in [1.29, 1.82) is 0 Å². The molecule has 2 rings (SSSR count). The number of aryl methyl sites for hydroxylation is 1. The quantitative estimate of drug-likeness (QED) is 0.789. The Bertz CT molecular complexity index is 333. The van der Waals surface area contributed by atoms with E-state index in [1.54, 1.807) is 0 Å². The van der Waals surface area contributed by atoms with Gasteiger partial charge in [0.05, 0.1) is 0 Å². The molecule has 0 saturated carbocycles. The number of anilines is 1. The fraction of sp³-hybridized carbons (Fsp3) is 0.538. The van der Waals surface area contributed by atoms with Crippen molar-refractivity contribution in [3.63, 3.8) is 0 Å². The molecule has 1 aliphatic heterocycles. The third-order valence-corrected chi connectivity index (χ3v) is 3.21. The van der Waals surface area contributed by atoms with Crippen LogP contribution in [0.2, 0.25) is 0 Å². The summed E-state index contributed by atoms with van der Waals surface area (Å²) in [6.45, 7) is 4.11. The molecule has 0 aromatic heterocycles. The molecule has 0 fully saturated rings. The monoisotopic (exact) mass is 204 g/mol. The second-order valence-electron chi connectivity index (χ2n) is 4.55. The summed E-state index contributed by atoms with van der Waals surface area (Å²) < 4.78 is 0. The van der Waals surface area contributed by atoms with Gasteiger partial charge in [0.25, 0.3) is 0 Å². The van der Waals surface area contributed by atoms with E-state index in [0.717, 1.165) is 19.5 Å². The van der Waals surface area contributed by atoms with Crippen molar-refractivity contribution in [2.24, 2.45) is 11.7 Å². The second kappa shape index (κ2) is 4.67. The second-order valence-corrected chi connectivity index (χ2v) is 4.55. The first kappa shape index (κ1) is 10.5. The predicted octanol–water partition coefficient (Wildman–Crippen LogP) is 2.18. The van der Waals surface area contributed by atoms with Gasteiger partial charge in [0.2, 0.25) is 0 Å². The fourth-order valence-corrected chi connectivity index (χ4v) is 2.04. The van der Waals surface area contributed by atoms with E-state index in [4.69, 9.17) is 5.73 Å². The van der Waals surface area contributed by atoms with E-state index < -0.39 is 0 Å². The van der Waals surface area contributed by atoms with Crippen molar-refractivity contribution in [3.8, 4) is 0 Å². The molecule has 1 aromatic carbocycles. The molecule has 1 atom stereocenters. The summed E-state index contributed by atoms with van der Waals surface area (Å²) in [7, 11) is 0. The van der Waals surface area contributed by atoms with Crippen molar-refractivity contribution < 1.29 is 0 Å². The van der Waals surface area contributed by atoms with E-state index in [1.807, 2.05) is 0 Å². The van der Waals surface area contributed by atoms with Crippen LogP contribution in [0.1, 0.15) is 24.5 Å². The molecule has 0 radical (unpaired) electrons. The van der Waals surface area contributed by atoms with Crippen LogP contribution in [0.15, 0.2) is 18.2 Å². The first-order valence-electron chi connectivity index (χ1n) is 5.85. The van der Waals surface area contributed by atoms with Gasteiger partial charge in [0.15, 0.2) is 0 Å². The molecule has 1 unspecified atom stereocenters. The van der Waals surface area contributed by atoms with E-state index >= 15 is 0 Å². The molecule has 0 spiro atoms. The Labute approximate surface area is 91.9 Å². The van der Waals surface area contributed by atoms with Crippen molar-refractivity contribution in [2.75, 3.05) is 18.4 Å². The van der Waals surface area contributed by atoms with Gasteiger partial charge in [-0.1, -0.05) is 19.1 Å². The molecule has 0 saturated heterocycles. The smallest absolute Gasteiger partial charge is 0.0373 e. The molecule has 0 amide bonds. The summed E-state index contributed by atoms with van der Waals surface area (Å²) in [6.07, 6.45) is 3.53. The van der Waals surface area contributed by atoms with Crippen LogP contribution in [0.3, 0.4) is 0 Å². The van der Waals surface area contributed by atoms with Crippen molar-refractivity contribution in [1.82, 2.24) is 0 Å². The molecule has 3 N–H and O–H groups in total. The molecule has 1 aromatic rings. The number of rotatable bonds is 4. The lowest BCUT2D eigenvalue weighted by molar-refractivity contribution is 0.544. The normalized spacial score (nSPS) is 15.9. The minimum atomic E-state index is 0.636. The largest absolute Gasteiger partial charge is 0.384 e. The van der Waals surface area contributed by atoms with E-state index in [9.17, 15) is 0 Å². The number of nitrogens with one attached hydrogen (secondary N) is 1. The summed E-state index contributed by atoms with van der Waals surface area (Å²) >= 11 is 0. The SMILES string of the molecule is CC(CN)CCc1ccc2c(c1)CCN2. The number of nitrogens with two attached hydrogens (primary N) is 1. The standard InChI is InChI=1S/C13H20N2/c1-10(9-14)2-3-11-4-5-13-12(8-11)6-7-15-13/h4-5,8,10,15H,2-3,6-7,9,14H2,1H3. The fourth-order valence-electron chi connectivity index (χ4n) is 2.04. The van der Waals surface area contributed by atoms with Gasteiger partial charge in [-0.2, -0.15) is 0 Å². The van der Waals surface area contributed by atoms with E-state index in [-0.39, 0.29) is 0 Å². The Balaban J connectivity index is 1.98. The molecule has 2 heteroatoms. The molecular formula is C13H20N2. The van der Waals surface area contributed by atoms with Crippen LogP contribution >= 0.6 is 0 Å². The first-order chi connectivity index (χ1) is 7.29. The lowest BCUT2D eigenvalue weighted by Crippen LogP contribution is -2.11. The average Bonchev–Trinajstić information content (AvgIpc) is 2.72. The van der Waals surface area contributed by atoms with Crippen molar-refractivity contribution in [2.45, 2.75) is 26.2 Å². The highest BCUT2D eigenvalue weighted by Gasteiger charge is 2.10. The number of benzene rings is 1. The number of fused-ring (bicyclic) bond motifs is 1. The predicted molar refractivity (Wildman–Crippen MR) is 65.2 cm³/mol. The third kappa shape index (κ3) is 2.51. The molecule has 0 bridgehead atoms. The Hall–Kier alpha value is -1.02. The van der Waals surface area contributed by atoms with Crippen LogP contribution < -0.4 is 11.1 Å². The van der Waals surface area contributed by atoms with Crippen LogP contribution in [-0.4, -0.2) is 13.1 Å². The van der Waals surface area contributed by atoms with Crippen LogP contribution in [0, 0.1) is 5.92 Å². The molecule has 2 nitrogen and oxygen atoms in total. The zero-order chi connectivity index (χ0) is 10.7. The highest BCUT2D eigenvalue weighted by Crippen LogP contribution is 2.23. The Morgan fingerprint density at radius 1 is 1.47 bits per heavy atom. The zero-order valence-electron chi connectivity index (χ0n) is 9.42. The zero-order valence-corrected chi connectivity index (χ0v) is 9.42. The summed E-state index contributed by atoms with van der Waals surface area (Å²) in [5.74, 6) is 0.636. The molecule has 1 heterocycles. The molecule has 15 heavy (non-hydrogen) atoms. The van der Waals surface area contributed by atoms with Gasteiger partial charge in [-0.15, -0.1) is 0 Å². The van der Waals surface area contributed by atoms with Gasteiger partial charge in [-0.3, -0.25) is 0 Å². The van der Waals surface area contributed by atoms with Gasteiger partial charge in [0.1, 0.15) is 0 Å². The highest BCUT2D eigenvalue weighted by molar-refractivity contribution is 5.56. The van der Waals surface area contributed by atoms with Gasteiger partial charge < -0.3 is 11.1 Å². The maximum Gasteiger partial charge on any atom is 0.0373 e. The maximum absolute atomic E-state index is 5.62. The Kier molecular flexibility index (Phi) is 3.27. The lowest BCUT2D eigenvalue weighted by atomic mass is 9.99. The van der Waals surface area contributed by atoms with E-state index in [0.29, 0.717) is 5.92 Å². The summed E-state index contributed by atoms with van der Waals surface area (Å²) in [5.41, 5.74) is 9.88. The minimum absolute atomic E-state index is 0.636. The molecule has 0 aliphatic carbocycles. The number of hydrogen-bond acceptors (Lipinski definition) is 2. The minimum Gasteiger partial charge on any atom is -0.384 e. The van der Waals surface area contributed by atoms with Crippen molar-refractivity contribution in [3.05, 3.63) is 29.3 Å². The van der Waals surface area contributed by atoms with Gasteiger partial charge in [-0.05, 0) is 48.9 Å². The van der Waals surface area contributed by atoms with E-state index in [2.05, 4.69) is 30.4 Å². The average molecular weight is 204 g/mol. The summed E-state index contributed by atoms with van der Waals surface area (Å²) in [6, 6.07) is 6.80. The lowest BCUT2D eigenvalue weighted by Gasteiger charge is -2.09. The van der Waals surface area contributed by atoms with Crippen LogP contribution in [0.5, 0.6) is 0 Å². The Morgan fingerprint density at radius 2 is 2.33 bits per heavy atom. The summed E-state index contributed by atoms with van der Waals surface area (Å²) in [4.78, 5) is 0. The highest BCUT2D eigenvalue weighted by atomic mass is 14.9. The Morgan fingerprint density at radius 3 is 3.13 bits per heavy atom. The summed E-state index contributed by atoms with van der Waals surface area (Å²) in [5, 5.41) is 3.38. The molecular weight excluding hydrogens is 184 g/mol. The van der Waals surface area contributed by atoms with E-state index in [1.165, 1.54) is 29.7 Å². The first-order valence-corrected chi connectivity index (χ1v) is 5.85. The van der Waals surface area contributed by atoms with Gasteiger partial charge >= 0.3 is 0 Å². The topological polar surface area (TPSA) is 38.0 Å². The third-order valence-electron chi connectivity index (χ3n) is 3.21. The number of hydrogen-bond donors (Lipinski definition) is 2. The van der Waals surface area contributed by atoms with Crippen LogP contribution in [-0.2, 0) is 12.8 Å². The van der Waals surface area contributed by atoms with Gasteiger partial charge in [0, 0.05) is 12.2 Å². The van der Waals surface area contributed by atoms with Crippen molar-refractivity contribution >= 4 is 5.69 Å². The maximum atomic E-state index is 5.62. The van der Waals surface area contributed by atoms with Gasteiger partial charge in [-0.25, -0.2) is 0 Å². The molecule has 82 valence electrons. The van der Waals surface area contributed by atoms with Crippen LogP contribution in [0.4, 0.5) is 5.69 Å². The van der Waals surface area contributed by atoms with Crippen LogP contribution in [0.25, 0.3) is 0 Å².